The van der Waals surface area contributed by atoms with Gasteiger partial charge in [0.05, 0.1) is 36.4 Å². The lowest BCUT2D eigenvalue weighted by atomic mass is 9.71. The number of esters is 1. The zero-order chi connectivity index (χ0) is 27.8. The number of fused-ring (bicyclic) bond motifs is 1. The van der Waals surface area contributed by atoms with Gasteiger partial charge in [-0.25, -0.2) is 4.79 Å². The van der Waals surface area contributed by atoms with E-state index in [1.807, 2.05) is 24.3 Å². The molecule has 6 rings (SSSR count). The van der Waals surface area contributed by atoms with Crippen LogP contribution in [0.4, 0.5) is 0 Å². The van der Waals surface area contributed by atoms with Gasteiger partial charge in [0.2, 0.25) is 0 Å². The van der Waals surface area contributed by atoms with Gasteiger partial charge in [-0.05, 0) is 49.9 Å². The molecule has 1 aliphatic carbocycles. The van der Waals surface area contributed by atoms with Crippen molar-refractivity contribution in [3.05, 3.63) is 98.7 Å². The molecule has 3 unspecified atom stereocenters. The van der Waals surface area contributed by atoms with Gasteiger partial charge in [0.1, 0.15) is 17.9 Å². The van der Waals surface area contributed by atoms with Crippen LogP contribution in [0.5, 0.6) is 5.75 Å². The van der Waals surface area contributed by atoms with Gasteiger partial charge in [-0.3, -0.25) is 9.59 Å². The number of carbonyl (C=O) groups excluding carboxylic acids is 2. The summed E-state index contributed by atoms with van der Waals surface area (Å²) >= 11 is 0. The van der Waals surface area contributed by atoms with Crippen molar-refractivity contribution in [1.29, 1.82) is 0 Å². The number of ketones is 1. The summed E-state index contributed by atoms with van der Waals surface area (Å²) in [5, 5.41) is 3.72. The minimum Gasteiger partial charge on any atom is -0.496 e. The third-order valence-electron chi connectivity index (χ3n) is 8.07. The lowest BCUT2D eigenvalue weighted by Crippen LogP contribution is -2.38. The lowest BCUT2D eigenvalue weighted by molar-refractivity contribution is -0.142. The third kappa shape index (κ3) is 4.62. The van der Waals surface area contributed by atoms with Crippen molar-refractivity contribution in [3.8, 4) is 5.75 Å². The minimum atomic E-state index is -0.916. The van der Waals surface area contributed by atoms with Gasteiger partial charge < -0.3 is 23.9 Å². The van der Waals surface area contributed by atoms with Crippen molar-refractivity contribution in [2.24, 2.45) is 0 Å². The molecule has 3 heterocycles. The summed E-state index contributed by atoms with van der Waals surface area (Å²) in [7, 11) is 1.61. The molecule has 0 amide bonds. The molecular formula is C32H31NO7. The fourth-order valence-corrected chi connectivity index (χ4v) is 6.16. The van der Waals surface area contributed by atoms with Crippen LogP contribution < -0.4 is 15.5 Å². The molecule has 1 fully saturated rings. The van der Waals surface area contributed by atoms with Gasteiger partial charge in [0, 0.05) is 41.5 Å². The highest BCUT2D eigenvalue weighted by atomic mass is 16.6. The average Bonchev–Trinajstić information content (AvgIpc) is 3.49. The second kappa shape index (κ2) is 10.8. The van der Waals surface area contributed by atoms with E-state index in [1.165, 1.54) is 6.26 Å². The van der Waals surface area contributed by atoms with E-state index in [2.05, 4.69) is 5.32 Å². The number of para-hydroxylation sites is 2. The van der Waals surface area contributed by atoms with Crippen LogP contribution in [0.3, 0.4) is 0 Å². The predicted molar refractivity (Wildman–Crippen MR) is 148 cm³/mol. The Balaban J connectivity index is 1.44. The molecule has 206 valence electrons. The summed E-state index contributed by atoms with van der Waals surface area (Å²) in [4.78, 5) is 41.4. The van der Waals surface area contributed by atoms with Gasteiger partial charge in [0.15, 0.2) is 11.2 Å². The molecule has 3 aliphatic rings. The first-order valence-corrected chi connectivity index (χ1v) is 13.6. The first kappa shape index (κ1) is 26.1. The molecule has 8 heteroatoms. The number of rotatable bonds is 6. The summed E-state index contributed by atoms with van der Waals surface area (Å²) in [6, 6.07) is 14.6. The Morgan fingerprint density at radius 3 is 2.65 bits per heavy atom. The number of Topliss-reactive ketones (excluding diaryl/α,β-unsaturated/α-hetero) is 1. The second-order valence-corrected chi connectivity index (χ2v) is 10.5. The summed E-state index contributed by atoms with van der Waals surface area (Å²) in [6.07, 6.45) is 3.70. The SMILES string of the molecule is COc1ccccc1C1CC(=O)C2=C(C1)NC(C)=C(C(=O)OCC1CCCO1)C2c1coc2ccccc2c1=O. The molecule has 0 bridgehead atoms. The summed E-state index contributed by atoms with van der Waals surface area (Å²) in [5.74, 6) is -1.04. The molecule has 40 heavy (non-hydrogen) atoms. The monoisotopic (exact) mass is 541 g/mol. The molecule has 2 aromatic carbocycles. The van der Waals surface area contributed by atoms with Crippen LogP contribution >= 0.6 is 0 Å². The Bertz CT molecular complexity index is 1610. The molecule has 0 spiro atoms. The molecule has 3 aromatic rings. The minimum absolute atomic E-state index is 0.115. The molecule has 8 nitrogen and oxygen atoms in total. The lowest BCUT2D eigenvalue weighted by Gasteiger charge is -2.36. The summed E-state index contributed by atoms with van der Waals surface area (Å²) < 4.78 is 22.8. The van der Waals surface area contributed by atoms with Crippen molar-refractivity contribution in [3.63, 3.8) is 0 Å². The maximum atomic E-state index is 13.9. The first-order valence-electron chi connectivity index (χ1n) is 13.6. The van der Waals surface area contributed by atoms with E-state index in [0.29, 0.717) is 41.0 Å². The van der Waals surface area contributed by atoms with E-state index in [4.69, 9.17) is 18.6 Å². The van der Waals surface area contributed by atoms with Crippen LogP contribution in [-0.4, -0.2) is 38.2 Å². The highest BCUT2D eigenvalue weighted by molar-refractivity contribution is 6.04. The summed E-state index contributed by atoms with van der Waals surface area (Å²) in [6.45, 7) is 2.54. The fourth-order valence-electron chi connectivity index (χ4n) is 6.16. The zero-order valence-electron chi connectivity index (χ0n) is 22.5. The van der Waals surface area contributed by atoms with Crippen LogP contribution in [0.15, 0.2) is 86.5 Å². The number of carbonyl (C=O) groups is 2. The number of benzene rings is 2. The van der Waals surface area contributed by atoms with Gasteiger partial charge >= 0.3 is 5.97 Å². The maximum Gasteiger partial charge on any atom is 0.336 e. The smallest absolute Gasteiger partial charge is 0.336 e. The first-order chi connectivity index (χ1) is 19.5. The van der Waals surface area contributed by atoms with E-state index in [1.54, 1.807) is 38.3 Å². The van der Waals surface area contributed by atoms with Crippen molar-refractivity contribution in [1.82, 2.24) is 5.32 Å². The van der Waals surface area contributed by atoms with E-state index < -0.39 is 11.9 Å². The standard InChI is InChI=1S/C32H31NO7/c1-18-28(32(36)40-16-20-8-7-13-38-20)29(23-17-39-27-12-6-4-10-22(27)31(23)35)30-24(33-18)14-19(15-25(30)34)21-9-3-5-11-26(21)37-2/h3-6,9-12,17,19-20,29,33H,7-8,13-16H2,1-2H3. The van der Waals surface area contributed by atoms with Crippen molar-refractivity contribution < 1.29 is 28.2 Å². The Morgan fingerprint density at radius 1 is 1.05 bits per heavy atom. The fraction of sp³-hybridized carbons (Fsp3) is 0.344. The van der Waals surface area contributed by atoms with Gasteiger partial charge in [-0.15, -0.1) is 0 Å². The Morgan fingerprint density at radius 2 is 1.85 bits per heavy atom. The Kier molecular flexibility index (Phi) is 7.02. The van der Waals surface area contributed by atoms with Gasteiger partial charge in [0.25, 0.3) is 0 Å². The molecule has 0 radical (unpaired) electrons. The zero-order valence-corrected chi connectivity index (χ0v) is 22.5. The second-order valence-electron chi connectivity index (χ2n) is 10.5. The largest absolute Gasteiger partial charge is 0.496 e. The van der Waals surface area contributed by atoms with Crippen molar-refractivity contribution in [2.75, 3.05) is 20.3 Å². The highest BCUT2D eigenvalue weighted by Crippen LogP contribution is 2.46. The molecule has 1 aromatic heterocycles. The molecule has 3 atom stereocenters. The Hall–Kier alpha value is -4.17. The molecule has 1 N–H and O–H groups in total. The van der Waals surface area contributed by atoms with E-state index >= 15 is 0 Å². The average molecular weight is 542 g/mol. The molecule has 2 aliphatic heterocycles. The molecular weight excluding hydrogens is 510 g/mol. The summed E-state index contributed by atoms with van der Waals surface area (Å²) in [5.41, 5.74) is 3.22. The van der Waals surface area contributed by atoms with Crippen LogP contribution in [0.1, 0.15) is 55.6 Å². The topological polar surface area (TPSA) is 104 Å². The Labute approximate surface area is 231 Å². The maximum absolute atomic E-state index is 13.9. The number of dihydropyridines is 1. The number of nitrogens with one attached hydrogen (secondary N) is 1. The number of ether oxygens (including phenoxy) is 3. The van der Waals surface area contributed by atoms with E-state index in [-0.39, 0.29) is 47.4 Å². The van der Waals surface area contributed by atoms with Crippen LogP contribution in [-0.2, 0) is 19.1 Å². The number of allylic oxidation sites excluding steroid dienone is 3. The molecule has 1 saturated heterocycles. The van der Waals surface area contributed by atoms with Crippen LogP contribution in [0, 0.1) is 0 Å². The quantitative estimate of drug-likeness (QED) is 0.440. The van der Waals surface area contributed by atoms with Gasteiger partial charge in [-0.1, -0.05) is 30.3 Å². The highest BCUT2D eigenvalue weighted by Gasteiger charge is 2.43. The van der Waals surface area contributed by atoms with E-state index in [0.717, 1.165) is 24.2 Å². The van der Waals surface area contributed by atoms with Crippen LogP contribution in [0.2, 0.25) is 0 Å². The number of hydrogen-bond donors (Lipinski definition) is 1. The normalized spacial score (nSPS) is 22.8. The number of methoxy groups -OCH3 is 1. The predicted octanol–water partition coefficient (Wildman–Crippen LogP) is 4.89. The number of hydrogen-bond acceptors (Lipinski definition) is 8. The molecule has 0 saturated carbocycles. The van der Waals surface area contributed by atoms with E-state index in [9.17, 15) is 14.4 Å². The van der Waals surface area contributed by atoms with Crippen molar-refractivity contribution in [2.45, 2.75) is 50.5 Å². The van der Waals surface area contributed by atoms with Crippen LogP contribution in [0.25, 0.3) is 11.0 Å². The van der Waals surface area contributed by atoms with Crippen molar-refractivity contribution >= 4 is 22.7 Å². The third-order valence-corrected chi connectivity index (χ3v) is 8.07. The van der Waals surface area contributed by atoms with Gasteiger partial charge in [-0.2, -0.15) is 0 Å².